The summed E-state index contributed by atoms with van der Waals surface area (Å²) in [6.07, 6.45) is 3.32. The Labute approximate surface area is 135 Å². The van der Waals surface area contributed by atoms with Crippen LogP contribution < -0.4 is 5.73 Å². The average molecular weight is 317 g/mol. The largest absolute Gasteiger partial charge is 0.444 e. The number of hydrogen-bond acceptors (Lipinski definition) is 5. The third-order valence-electron chi connectivity index (χ3n) is 3.90. The van der Waals surface area contributed by atoms with E-state index in [0.717, 1.165) is 30.7 Å². The molecule has 1 aliphatic heterocycles. The number of carbonyl (C=O) groups excluding carboxylic acids is 1. The summed E-state index contributed by atoms with van der Waals surface area (Å²) in [7, 11) is 0. The molecular formula is C16H23N5O2. The second-order valence-corrected chi connectivity index (χ2v) is 6.97. The van der Waals surface area contributed by atoms with E-state index in [4.69, 9.17) is 10.5 Å². The van der Waals surface area contributed by atoms with Crippen LogP contribution in [0.2, 0.25) is 0 Å². The van der Waals surface area contributed by atoms with Crippen molar-refractivity contribution in [2.45, 2.75) is 45.1 Å². The van der Waals surface area contributed by atoms with Crippen molar-refractivity contribution in [3.8, 4) is 0 Å². The van der Waals surface area contributed by atoms with Crippen LogP contribution in [0.4, 0.5) is 10.6 Å². The lowest BCUT2D eigenvalue weighted by Crippen LogP contribution is -2.42. The van der Waals surface area contributed by atoms with Crippen molar-refractivity contribution in [2.75, 3.05) is 18.8 Å². The lowest BCUT2D eigenvalue weighted by molar-refractivity contribution is 0.0197. The predicted molar refractivity (Wildman–Crippen MR) is 87.2 cm³/mol. The molecule has 1 saturated heterocycles. The molecule has 7 nitrogen and oxygen atoms in total. The second-order valence-electron chi connectivity index (χ2n) is 6.97. The number of rotatable bonds is 1. The van der Waals surface area contributed by atoms with E-state index in [1.807, 2.05) is 32.9 Å². The minimum atomic E-state index is -0.483. The van der Waals surface area contributed by atoms with E-state index in [9.17, 15) is 4.79 Å². The summed E-state index contributed by atoms with van der Waals surface area (Å²) in [5.41, 5.74) is 7.20. The Morgan fingerprint density at radius 2 is 2.22 bits per heavy atom. The molecule has 0 radical (unpaired) electrons. The maximum atomic E-state index is 12.3. The SMILES string of the molecule is CC(C)(C)OC(=O)N1CCCC(c2cc(N)n3nccc3n2)C1. The van der Waals surface area contributed by atoms with Gasteiger partial charge in [0.2, 0.25) is 0 Å². The van der Waals surface area contributed by atoms with Crippen molar-refractivity contribution < 1.29 is 9.53 Å². The summed E-state index contributed by atoms with van der Waals surface area (Å²) in [6, 6.07) is 3.68. The Balaban J connectivity index is 1.78. The maximum Gasteiger partial charge on any atom is 0.410 e. The van der Waals surface area contributed by atoms with E-state index >= 15 is 0 Å². The van der Waals surface area contributed by atoms with E-state index in [2.05, 4.69) is 10.1 Å². The molecule has 0 saturated carbocycles. The molecular weight excluding hydrogens is 294 g/mol. The van der Waals surface area contributed by atoms with Gasteiger partial charge < -0.3 is 15.4 Å². The average Bonchev–Trinajstić information content (AvgIpc) is 2.94. The number of anilines is 1. The molecule has 0 aliphatic carbocycles. The first-order valence-corrected chi connectivity index (χ1v) is 7.91. The number of carbonyl (C=O) groups is 1. The van der Waals surface area contributed by atoms with Gasteiger partial charge in [0.25, 0.3) is 0 Å². The summed E-state index contributed by atoms with van der Waals surface area (Å²) in [5.74, 6) is 0.725. The minimum absolute atomic E-state index is 0.165. The number of fused-ring (bicyclic) bond motifs is 1. The Bertz CT molecular complexity index is 719. The van der Waals surface area contributed by atoms with Crippen LogP contribution >= 0.6 is 0 Å². The molecule has 2 N–H and O–H groups in total. The first-order chi connectivity index (χ1) is 10.8. The fraction of sp³-hybridized carbons (Fsp3) is 0.562. The molecule has 3 rings (SSSR count). The van der Waals surface area contributed by atoms with E-state index < -0.39 is 5.60 Å². The zero-order chi connectivity index (χ0) is 16.6. The highest BCUT2D eigenvalue weighted by molar-refractivity contribution is 5.68. The lowest BCUT2D eigenvalue weighted by atomic mass is 9.94. The third-order valence-corrected chi connectivity index (χ3v) is 3.90. The molecule has 7 heteroatoms. The molecule has 0 bridgehead atoms. The number of likely N-dealkylation sites (tertiary alicyclic amines) is 1. The summed E-state index contributed by atoms with van der Waals surface area (Å²) in [5, 5.41) is 4.13. The smallest absolute Gasteiger partial charge is 0.410 e. The zero-order valence-corrected chi connectivity index (χ0v) is 13.8. The van der Waals surface area contributed by atoms with E-state index in [1.165, 1.54) is 0 Å². The second kappa shape index (κ2) is 5.72. The van der Waals surface area contributed by atoms with E-state index in [1.54, 1.807) is 15.6 Å². The van der Waals surface area contributed by atoms with Crippen molar-refractivity contribution >= 4 is 17.6 Å². The summed E-state index contributed by atoms with van der Waals surface area (Å²) in [4.78, 5) is 18.7. The molecule has 1 fully saturated rings. The molecule has 3 heterocycles. The molecule has 0 aromatic carbocycles. The van der Waals surface area contributed by atoms with Crippen LogP contribution in [-0.2, 0) is 4.74 Å². The summed E-state index contributed by atoms with van der Waals surface area (Å²) < 4.78 is 7.08. The van der Waals surface area contributed by atoms with Gasteiger partial charge in [-0.1, -0.05) is 0 Å². The molecule has 0 spiro atoms. The highest BCUT2D eigenvalue weighted by Crippen LogP contribution is 2.28. The van der Waals surface area contributed by atoms with Gasteiger partial charge in [-0.05, 0) is 33.6 Å². The maximum absolute atomic E-state index is 12.3. The molecule has 1 atom stereocenters. The Morgan fingerprint density at radius 1 is 1.43 bits per heavy atom. The van der Waals surface area contributed by atoms with Crippen molar-refractivity contribution in [2.24, 2.45) is 0 Å². The van der Waals surface area contributed by atoms with Gasteiger partial charge in [0.1, 0.15) is 11.4 Å². The number of nitrogens with zero attached hydrogens (tertiary/aromatic N) is 4. The van der Waals surface area contributed by atoms with Crippen molar-refractivity contribution in [1.82, 2.24) is 19.5 Å². The number of amides is 1. The van der Waals surface area contributed by atoms with Gasteiger partial charge in [-0.25, -0.2) is 9.78 Å². The zero-order valence-electron chi connectivity index (χ0n) is 13.8. The first-order valence-electron chi connectivity index (χ1n) is 7.91. The van der Waals surface area contributed by atoms with Crippen molar-refractivity contribution in [3.05, 3.63) is 24.0 Å². The molecule has 23 heavy (non-hydrogen) atoms. The van der Waals surface area contributed by atoms with E-state index in [0.29, 0.717) is 12.4 Å². The van der Waals surface area contributed by atoms with E-state index in [-0.39, 0.29) is 12.0 Å². The molecule has 1 aliphatic rings. The minimum Gasteiger partial charge on any atom is -0.444 e. The predicted octanol–water partition coefficient (Wildman–Crippen LogP) is 2.43. The number of nitrogens with two attached hydrogens (primary N) is 1. The Morgan fingerprint density at radius 3 is 2.96 bits per heavy atom. The van der Waals surface area contributed by atoms with Crippen LogP contribution in [0, 0.1) is 0 Å². The third kappa shape index (κ3) is 3.38. The Kier molecular flexibility index (Phi) is 3.87. The molecule has 2 aromatic rings. The van der Waals surface area contributed by atoms with Gasteiger partial charge in [0.15, 0.2) is 5.65 Å². The monoisotopic (exact) mass is 317 g/mol. The van der Waals surface area contributed by atoms with Gasteiger partial charge in [0, 0.05) is 31.1 Å². The quantitative estimate of drug-likeness (QED) is 0.873. The number of hydrogen-bond donors (Lipinski definition) is 1. The van der Waals surface area contributed by atoms with Crippen LogP contribution in [0.3, 0.4) is 0 Å². The van der Waals surface area contributed by atoms with Gasteiger partial charge in [0.05, 0.1) is 11.9 Å². The van der Waals surface area contributed by atoms with Crippen molar-refractivity contribution in [3.63, 3.8) is 0 Å². The summed E-state index contributed by atoms with van der Waals surface area (Å²) in [6.45, 7) is 6.95. The molecule has 124 valence electrons. The number of aromatic nitrogens is 3. The standard InChI is InChI=1S/C16H23N5O2/c1-16(2,3)23-15(22)20-8-4-5-11(10-20)12-9-13(17)21-14(19-12)6-7-18-21/h6-7,9,11H,4-5,8,10,17H2,1-3H3. The number of nitrogen functional groups attached to an aromatic ring is 1. The van der Waals surface area contributed by atoms with Crippen LogP contribution in [0.1, 0.15) is 45.2 Å². The molecule has 1 amide bonds. The normalized spacial score (nSPS) is 19.1. The van der Waals surface area contributed by atoms with Gasteiger partial charge >= 0.3 is 6.09 Å². The van der Waals surface area contributed by atoms with Gasteiger partial charge in [-0.3, -0.25) is 0 Å². The fourth-order valence-corrected chi connectivity index (χ4v) is 2.88. The number of ether oxygens (including phenoxy) is 1. The molecule has 2 aromatic heterocycles. The van der Waals surface area contributed by atoms with Crippen molar-refractivity contribution in [1.29, 1.82) is 0 Å². The highest BCUT2D eigenvalue weighted by Gasteiger charge is 2.29. The first kappa shape index (κ1) is 15.6. The Hall–Kier alpha value is -2.31. The topological polar surface area (TPSA) is 85.8 Å². The highest BCUT2D eigenvalue weighted by atomic mass is 16.6. The van der Waals surface area contributed by atoms with Crippen LogP contribution in [0.5, 0.6) is 0 Å². The lowest BCUT2D eigenvalue weighted by Gasteiger charge is -2.34. The molecule has 1 unspecified atom stereocenters. The summed E-state index contributed by atoms with van der Waals surface area (Å²) >= 11 is 0. The van der Waals surface area contributed by atoms with Gasteiger partial charge in [-0.15, -0.1) is 0 Å². The van der Waals surface area contributed by atoms with Gasteiger partial charge in [-0.2, -0.15) is 9.61 Å². The van der Waals surface area contributed by atoms with Crippen LogP contribution in [0.25, 0.3) is 5.65 Å². The van der Waals surface area contributed by atoms with Crippen LogP contribution in [0.15, 0.2) is 18.3 Å². The number of piperidine rings is 1. The fourth-order valence-electron chi connectivity index (χ4n) is 2.88. The van der Waals surface area contributed by atoms with Crippen LogP contribution in [-0.4, -0.2) is 44.3 Å².